The molecular formula is C16H25N3O3S. The van der Waals surface area contributed by atoms with E-state index in [2.05, 4.69) is 23.5 Å². The maximum absolute atomic E-state index is 12.5. The number of benzene rings is 1. The van der Waals surface area contributed by atoms with E-state index >= 15 is 0 Å². The number of hydrogen-bond acceptors (Lipinski definition) is 4. The van der Waals surface area contributed by atoms with Crippen molar-refractivity contribution in [3.63, 3.8) is 0 Å². The summed E-state index contributed by atoms with van der Waals surface area (Å²) < 4.78 is 26.2. The molecule has 1 heterocycles. The van der Waals surface area contributed by atoms with E-state index in [0.717, 1.165) is 13.1 Å². The molecule has 1 saturated heterocycles. The summed E-state index contributed by atoms with van der Waals surface area (Å²) in [4.78, 5) is 16.9. The highest BCUT2D eigenvalue weighted by Gasteiger charge is 2.23. The number of amides is 1. The summed E-state index contributed by atoms with van der Waals surface area (Å²) in [6.45, 7) is 9.52. The van der Waals surface area contributed by atoms with E-state index in [1.165, 1.54) is 12.1 Å². The van der Waals surface area contributed by atoms with E-state index in [1.807, 2.05) is 4.90 Å². The minimum atomic E-state index is -3.48. The lowest BCUT2D eigenvalue weighted by molar-refractivity contribution is 0.0595. The van der Waals surface area contributed by atoms with Crippen LogP contribution in [0.3, 0.4) is 0 Å². The average Bonchev–Trinajstić information content (AvgIpc) is 2.54. The number of nitrogens with one attached hydrogen (secondary N) is 1. The van der Waals surface area contributed by atoms with Crippen LogP contribution in [0.15, 0.2) is 29.2 Å². The highest BCUT2D eigenvalue weighted by Crippen LogP contribution is 2.14. The van der Waals surface area contributed by atoms with Gasteiger partial charge in [0.2, 0.25) is 10.0 Å². The fourth-order valence-electron chi connectivity index (χ4n) is 2.67. The Labute approximate surface area is 138 Å². The van der Waals surface area contributed by atoms with Gasteiger partial charge in [-0.25, -0.2) is 13.1 Å². The van der Waals surface area contributed by atoms with Crippen LogP contribution < -0.4 is 4.72 Å². The Hall–Kier alpha value is -1.44. The number of nitrogens with zero attached hydrogens (tertiary/aromatic N) is 2. The molecule has 1 fully saturated rings. The Morgan fingerprint density at radius 2 is 1.70 bits per heavy atom. The molecule has 0 aliphatic carbocycles. The first-order chi connectivity index (χ1) is 10.8. The lowest BCUT2D eigenvalue weighted by Gasteiger charge is -2.37. The van der Waals surface area contributed by atoms with Crippen molar-refractivity contribution in [2.45, 2.75) is 31.7 Å². The molecule has 6 nitrogen and oxygen atoms in total. The second kappa shape index (κ2) is 7.42. The average molecular weight is 339 g/mol. The minimum absolute atomic E-state index is 0.0409. The molecule has 23 heavy (non-hydrogen) atoms. The molecule has 7 heteroatoms. The molecule has 1 amide bonds. The van der Waals surface area contributed by atoms with Gasteiger partial charge < -0.3 is 4.90 Å². The van der Waals surface area contributed by atoms with Crippen molar-refractivity contribution < 1.29 is 13.2 Å². The Bertz CT molecular complexity index is 633. The van der Waals surface area contributed by atoms with Gasteiger partial charge in [0.05, 0.1) is 4.90 Å². The summed E-state index contributed by atoms with van der Waals surface area (Å²) in [5.74, 6) is -0.0409. The zero-order chi connectivity index (χ0) is 17.0. The Kier molecular flexibility index (Phi) is 5.78. The third-order valence-corrected chi connectivity index (χ3v) is 5.64. The second-order valence-electron chi connectivity index (χ2n) is 5.95. The van der Waals surface area contributed by atoms with Crippen LogP contribution in [0, 0.1) is 0 Å². The highest BCUT2D eigenvalue weighted by atomic mass is 32.2. The first-order valence-corrected chi connectivity index (χ1v) is 9.46. The fourth-order valence-corrected chi connectivity index (χ4v) is 3.72. The SMILES string of the molecule is CCNS(=O)(=O)c1ccc(C(=O)N2CCN(C(C)C)CC2)cc1. The van der Waals surface area contributed by atoms with Crippen LogP contribution in [0.5, 0.6) is 0 Å². The Morgan fingerprint density at radius 3 is 2.17 bits per heavy atom. The van der Waals surface area contributed by atoms with E-state index in [-0.39, 0.29) is 10.8 Å². The predicted molar refractivity (Wildman–Crippen MR) is 89.9 cm³/mol. The number of hydrogen-bond donors (Lipinski definition) is 1. The molecule has 2 rings (SSSR count). The standard InChI is InChI=1S/C16H25N3O3S/c1-4-17-23(21,22)15-7-5-14(6-8-15)16(20)19-11-9-18(10-12-19)13(2)3/h5-8,13,17H,4,9-12H2,1-3H3. The summed E-state index contributed by atoms with van der Waals surface area (Å²) in [6, 6.07) is 6.62. The van der Waals surface area contributed by atoms with Gasteiger partial charge >= 0.3 is 0 Å². The molecular weight excluding hydrogens is 314 g/mol. The number of piperazine rings is 1. The lowest BCUT2D eigenvalue weighted by atomic mass is 10.1. The molecule has 1 aliphatic heterocycles. The molecule has 1 aliphatic rings. The summed E-state index contributed by atoms with van der Waals surface area (Å²) in [5, 5.41) is 0. The zero-order valence-corrected chi connectivity index (χ0v) is 14.8. The van der Waals surface area contributed by atoms with Gasteiger partial charge in [0.1, 0.15) is 0 Å². The Morgan fingerprint density at radius 1 is 1.13 bits per heavy atom. The fraction of sp³-hybridized carbons (Fsp3) is 0.562. The third kappa shape index (κ3) is 4.31. The van der Waals surface area contributed by atoms with E-state index in [1.54, 1.807) is 19.1 Å². The molecule has 128 valence electrons. The lowest BCUT2D eigenvalue weighted by Crippen LogP contribution is -2.50. The number of carbonyl (C=O) groups is 1. The van der Waals surface area contributed by atoms with Crippen LogP contribution in [0.2, 0.25) is 0 Å². The van der Waals surface area contributed by atoms with E-state index < -0.39 is 10.0 Å². The van der Waals surface area contributed by atoms with Crippen molar-refractivity contribution in [1.29, 1.82) is 0 Å². The summed E-state index contributed by atoms with van der Waals surface area (Å²) >= 11 is 0. The van der Waals surface area contributed by atoms with Crippen LogP contribution in [-0.2, 0) is 10.0 Å². The second-order valence-corrected chi connectivity index (χ2v) is 7.71. The zero-order valence-electron chi connectivity index (χ0n) is 13.9. The summed E-state index contributed by atoms with van der Waals surface area (Å²) in [5.41, 5.74) is 0.526. The first-order valence-electron chi connectivity index (χ1n) is 7.98. The van der Waals surface area contributed by atoms with Crippen LogP contribution in [-0.4, -0.2) is 62.9 Å². The predicted octanol–water partition coefficient (Wildman–Crippen LogP) is 1.15. The quantitative estimate of drug-likeness (QED) is 0.874. The van der Waals surface area contributed by atoms with Crippen LogP contribution in [0.1, 0.15) is 31.1 Å². The molecule has 0 unspecified atom stereocenters. The highest BCUT2D eigenvalue weighted by molar-refractivity contribution is 7.89. The topological polar surface area (TPSA) is 69.7 Å². The molecule has 1 N–H and O–H groups in total. The van der Waals surface area contributed by atoms with Gasteiger partial charge in [-0.1, -0.05) is 6.92 Å². The monoisotopic (exact) mass is 339 g/mol. The molecule has 0 spiro atoms. The van der Waals surface area contributed by atoms with Gasteiger partial charge in [-0.15, -0.1) is 0 Å². The number of rotatable bonds is 5. The van der Waals surface area contributed by atoms with Crippen molar-refractivity contribution in [3.05, 3.63) is 29.8 Å². The smallest absolute Gasteiger partial charge is 0.253 e. The number of sulfonamides is 1. The van der Waals surface area contributed by atoms with Gasteiger partial charge in [0.25, 0.3) is 5.91 Å². The third-order valence-electron chi connectivity index (χ3n) is 4.08. The number of carbonyl (C=O) groups excluding carboxylic acids is 1. The van der Waals surface area contributed by atoms with Gasteiger partial charge in [-0.2, -0.15) is 0 Å². The molecule has 0 atom stereocenters. The van der Waals surface area contributed by atoms with E-state index in [9.17, 15) is 13.2 Å². The molecule has 1 aromatic rings. The van der Waals surface area contributed by atoms with Crippen molar-refractivity contribution in [1.82, 2.24) is 14.5 Å². The van der Waals surface area contributed by atoms with Crippen LogP contribution in [0.25, 0.3) is 0 Å². The van der Waals surface area contributed by atoms with E-state index in [0.29, 0.717) is 31.2 Å². The van der Waals surface area contributed by atoms with Gasteiger partial charge in [0.15, 0.2) is 0 Å². The molecule has 1 aromatic carbocycles. The maximum atomic E-state index is 12.5. The summed E-state index contributed by atoms with van der Waals surface area (Å²) in [6.07, 6.45) is 0. The molecule has 0 aromatic heterocycles. The molecule has 0 radical (unpaired) electrons. The van der Waals surface area contributed by atoms with Crippen molar-refractivity contribution in [3.8, 4) is 0 Å². The van der Waals surface area contributed by atoms with Crippen LogP contribution >= 0.6 is 0 Å². The van der Waals surface area contributed by atoms with E-state index in [4.69, 9.17) is 0 Å². The maximum Gasteiger partial charge on any atom is 0.253 e. The normalized spacial score (nSPS) is 16.8. The summed E-state index contributed by atoms with van der Waals surface area (Å²) in [7, 11) is -3.48. The van der Waals surface area contributed by atoms with Gasteiger partial charge in [0, 0.05) is 44.3 Å². The van der Waals surface area contributed by atoms with Crippen molar-refractivity contribution in [2.75, 3.05) is 32.7 Å². The first kappa shape index (κ1) is 17.9. The molecule has 0 saturated carbocycles. The Balaban J connectivity index is 2.04. The van der Waals surface area contributed by atoms with Crippen molar-refractivity contribution >= 4 is 15.9 Å². The van der Waals surface area contributed by atoms with Gasteiger partial charge in [-0.3, -0.25) is 9.69 Å². The van der Waals surface area contributed by atoms with Crippen LogP contribution in [0.4, 0.5) is 0 Å². The van der Waals surface area contributed by atoms with Crippen molar-refractivity contribution in [2.24, 2.45) is 0 Å². The minimum Gasteiger partial charge on any atom is -0.336 e. The largest absolute Gasteiger partial charge is 0.336 e. The molecule has 0 bridgehead atoms. The van der Waals surface area contributed by atoms with Gasteiger partial charge in [-0.05, 0) is 38.1 Å².